The number of fused-ring (bicyclic) bond motifs is 2. The van der Waals surface area contributed by atoms with E-state index in [1.165, 1.54) is 0 Å². The van der Waals surface area contributed by atoms with E-state index in [-0.39, 0.29) is 11.9 Å². The van der Waals surface area contributed by atoms with Crippen molar-refractivity contribution in [1.29, 1.82) is 0 Å². The van der Waals surface area contributed by atoms with Crippen molar-refractivity contribution in [3.63, 3.8) is 0 Å². The van der Waals surface area contributed by atoms with Crippen molar-refractivity contribution in [3.05, 3.63) is 29.8 Å². The fourth-order valence-electron chi connectivity index (χ4n) is 3.48. The van der Waals surface area contributed by atoms with Gasteiger partial charge in [-0.2, -0.15) is 0 Å². The van der Waals surface area contributed by atoms with Crippen LogP contribution in [0, 0.1) is 0 Å². The number of ether oxygens (including phenoxy) is 2. The number of unbranched alkanes of at least 4 members (excludes halogenated alkanes) is 1. The molecule has 1 aromatic carbocycles. The monoisotopic (exact) mass is 330 g/mol. The lowest BCUT2D eigenvalue weighted by atomic mass is 10.1. The topological polar surface area (TPSA) is 42.0 Å². The van der Waals surface area contributed by atoms with E-state index in [1.54, 1.807) is 7.11 Å². The molecular weight excluding hydrogens is 304 g/mol. The Morgan fingerprint density at radius 2 is 2.12 bits per heavy atom. The summed E-state index contributed by atoms with van der Waals surface area (Å²) in [6, 6.07) is 3.95. The van der Waals surface area contributed by atoms with Crippen LogP contribution in [0.25, 0.3) is 0 Å². The zero-order valence-corrected chi connectivity index (χ0v) is 14.8. The summed E-state index contributed by atoms with van der Waals surface area (Å²) >= 11 is 0. The molecule has 2 aliphatic rings. The second-order valence-electron chi connectivity index (χ2n) is 6.64. The Hall–Kier alpha value is -2.17. The van der Waals surface area contributed by atoms with Gasteiger partial charge >= 0.3 is 0 Å². The summed E-state index contributed by atoms with van der Waals surface area (Å²) in [4.78, 5) is 17.1. The minimum Gasteiger partial charge on any atom is -0.493 e. The molecule has 0 radical (unpaired) electrons. The van der Waals surface area contributed by atoms with E-state index in [2.05, 4.69) is 18.4 Å². The third-order valence-corrected chi connectivity index (χ3v) is 4.78. The highest BCUT2D eigenvalue weighted by molar-refractivity contribution is 6.02. The quantitative estimate of drug-likeness (QED) is 0.614. The highest BCUT2D eigenvalue weighted by Crippen LogP contribution is 2.39. The van der Waals surface area contributed by atoms with Crippen LogP contribution in [0.3, 0.4) is 0 Å². The summed E-state index contributed by atoms with van der Waals surface area (Å²) in [6.07, 6.45) is 2.94. The zero-order valence-electron chi connectivity index (χ0n) is 14.8. The molecule has 24 heavy (non-hydrogen) atoms. The van der Waals surface area contributed by atoms with Crippen molar-refractivity contribution in [2.75, 3.05) is 38.8 Å². The number of amides is 1. The van der Waals surface area contributed by atoms with E-state index in [9.17, 15) is 4.79 Å². The highest BCUT2D eigenvalue weighted by Gasteiger charge is 2.37. The van der Waals surface area contributed by atoms with Gasteiger partial charge in [-0.1, -0.05) is 25.5 Å². The van der Waals surface area contributed by atoms with E-state index in [1.807, 2.05) is 24.1 Å². The van der Waals surface area contributed by atoms with Gasteiger partial charge in [-0.3, -0.25) is 4.79 Å². The zero-order chi connectivity index (χ0) is 17.3. The van der Waals surface area contributed by atoms with Gasteiger partial charge in [-0.15, -0.1) is 0 Å². The summed E-state index contributed by atoms with van der Waals surface area (Å²) in [5.41, 5.74) is 2.71. The highest BCUT2D eigenvalue weighted by atomic mass is 16.5. The van der Waals surface area contributed by atoms with E-state index in [4.69, 9.17) is 9.47 Å². The van der Waals surface area contributed by atoms with E-state index >= 15 is 0 Å². The molecule has 0 bridgehead atoms. The van der Waals surface area contributed by atoms with Gasteiger partial charge in [0.15, 0.2) is 11.5 Å². The van der Waals surface area contributed by atoms with Gasteiger partial charge in [0.05, 0.1) is 31.0 Å². The maximum Gasteiger partial charge on any atom is 0.256 e. The number of carbonyl (C=O) groups excluding carboxylic acids is 1. The maximum absolute atomic E-state index is 13.0. The van der Waals surface area contributed by atoms with Gasteiger partial charge in [0.1, 0.15) is 0 Å². The Kier molecular flexibility index (Phi) is 4.69. The van der Waals surface area contributed by atoms with Crippen LogP contribution in [0.2, 0.25) is 0 Å². The number of nitrogens with zero attached hydrogens (tertiary/aromatic N) is 2. The van der Waals surface area contributed by atoms with Crippen LogP contribution >= 0.6 is 0 Å². The van der Waals surface area contributed by atoms with Gasteiger partial charge in [-0.05, 0) is 18.9 Å². The van der Waals surface area contributed by atoms with Crippen LogP contribution in [0.15, 0.2) is 24.3 Å². The first-order chi connectivity index (χ1) is 11.5. The molecule has 1 saturated heterocycles. The number of hydrogen-bond acceptors (Lipinski definition) is 4. The summed E-state index contributed by atoms with van der Waals surface area (Å²) in [6.45, 7) is 8.29. The molecule has 0 spiro atoms. The summed E-state index contributed by atoms with van der Waals surface area (Å²) < 4.78 is 11.3. The van der Waals surface area contributed by atoms with Crippen LogP contribution in [0.5, 0.6) is 11.5 Å². The average Bonchev–Trinajstić information content (AvgIpc) is 2.90. The van der Waals surface area contributed by atoms with Gasteiger partial charge in [0, 0.05) is 26.2 Å². The molecule has 130 valence electrons. The van der Waals surface area contributed by atoms with Crippen molar-refractivity contribution in [2.24, 2.45) is 0 Å². The smallest absolute Gasteiger partial charge is 0.256 e. The van der Waals surface area contributed by atoms with E-state index < -0.39 is 0 Å². The predicted octanol–water partition coefficient (Wildman–Crippen LogP) is 3.09. The number of likely N-dealkylation sites (N-methyl/N-ethyl adjacent to an activating group) is 1. The molecule has 1 amide bonds. The summed E-state index contributed by atoms with van der Waals surface area (Å²) in [7, 11) is 3.64. The Labute approximate surface area is 143 Å². The number of hydrogen-bond donors (Lipinski definition) is 0. The standard InChI is InChI=1S/C19H26N2O3/c1-5-6-7-24-18-10-16-15(9-17(18)23-4)19(22)21-11-13(2)8-14(21)12-20(16)3/h9-10,14H,2,5-8,11-12H2,1,3-4H3/t14-/m0/s1. The van der Waals surface area contributed by atoms with Crippen LogP contribution in [0.4, 0.5) is 5.69 Å². The molecule has 0 unspecified atom stereocenters. The average molecular weight is 330 g/mol. The molecule has 5 nitrogen and oxygen atoms in total. The number of anilines is 1. The molecule has 2 heterocycles. The Bertz CT molecular complexity index is 656. The van der Waals surface area contributed by atoms with Crippen LogP contribution in [0.1, 0.15) is 36.5 Å². The van der Waals surface area contributed by atoms with Crippen LogP contribution in [-0.4, -0.2) is 50.7 Å². The Morgan fingerprint density at radius 3 is 2.83 bits per heavy atom. The second kappa shape index (κ2) is 6.75. The number of carbonyl (C=O) groups is 1. The largest absolute Gasteiger partial charge is 0.493 e. The maximum atomic E-state index is 13.0. The summed E-state index contributed by atoms with van der Waals surface area (Å²) in [5, 5.41) is 0. The van der Waals surface area contributed by atoms with Gasteiger partial charge in [-0.25, -0.2) is 0 Å². The lowest BCUT2D eigenvalue weighted by Gasteiger charge is -2.24. The number of rotatable bonds is 5. The van der Waals surface area contributed by atoms with Gasteiger partial charge in [0.2, 0.25) is 0 Å². The minimum atomic E-state index is 0.0522. The SMILES string of the molecule is C=C1C[C@H]2CN(C)c3cc(OCCCC)c(OC)cc3C(=O)N2C1. The van der Waals surface area contributed by atoms with Crippen LogP contribution in [-0.2, 0) is 0 Å². The first kappa shape index (κ1) is 16.7. The van der Waals surface area contributed by atoms with E-state index in [0.717, 1.165) is 37.1 Å². The molecule has 3 rings (SSSR count). The molecular formula is C19H26N2O3. The van der Waals surface area contributed by atoms with Crippen molar-refractivity contribution in [1.82, 2.24) is 4.90 Å². The lowest BCUT2D eigenvalue weighted by Crippen LogP contribution is -2.38. The fraction of sp³-hybridized carbons (Fsp3) is 0.526. The number of methoxy groups -OCH3 is 1. The third kappa shape index (κ3) is 2.95. The van der Waals surface area contributed by atoms with Crippen molar-refractivity contribution >= 4 is 11.6 Å². The Balaban J connectivity index is 1.98. The molecule has 1 aromatic rings. The fourth-order valence-corrected chi connectivity index (χ4v) is 3.48. The van der Waals surface area contributed by atoms with Crippen LogP contribution < -0.4 is 14.4 Å². The molecule has 1 fully saturated rings. The first-order valence-corrected chi connectivity index (χ1v) is 8.58. The molecule has 0 aromatic heterocycles. The van der Waals surface area contributed by atoms with Crippen molar-refractivity contribution in [2.45, 2.75) is 32.2 Å². The first-order valence-electron chi connectivity index (χ1n) is 8.58. The third-order valence-electron chi connectivity index (χ3n) is 4.78. The molecule has 5 heteroatoms. The van der Waals surface area contributed by atoms with Crippen molar-refractivity contribution < 1.29 is 14.3 Å². The number of benzene rings is 1. The minimum absolute atomic E-state index is 0.0522. The van der Waals surface area contributed by atoms with E-state index in [0.29, 0.717) is 30.2 Å². The Morgan fingerprint density at radius 1 is 1.33 bits per heavy atom. The molecule has 0 saturated carbocycles. The normalized spacial score (nSPS) is 19.9. The second-order valence-corrected chi connectivity index (χ2v) is 6.64. The summed E-state index contributed by atoms with van der Waals surface area (Å²) in [5.74, 6) is 1.37. The van der Waals surface area contributed by atoms with Gasteiger partial charge < -0.3 is 19.3 Å². The molecule has 0 aliphatic carbocycles. The van der Waals surface area contributed by atoms with Gasteiger partial charge in [0.25, 0.3) is 5.91 Å². The van der Waals surface area contributed by atoms with Crippen molar-refractivity contribution in [3.8, 4) is 11.5 Å². The molecule has 0 N–H and O–H groups in total. The lowest BCUT2D eigenvalue weighted by molar-refractivity contribution is 0.0751. The molecule has 1 atom stereocenters. The molecule has 2 aliphatic heterocycles. The predicted molar refractivity (Wildman–Crippen MR) is 95.2 cm³/mol.